The maximum absolute atomic E-state index is 12.6. The number of carbonyl (C=O) groups is 1. The standard InChI is InChI=1S/C23H26N4OS/c1-16-5-3-6-18(13-16)22-15-21(25-26-22)17-9-11-27(12-10-17)23(28)24-19-7-4-8-20(14-19)29-2/h3-8,13-15,17H,9-12H2,1-2H3,(H,24,28)(H,25,26). The highest BCUT2D eigenvalue weighted by Gasteiger charge is 2.25. The van der Waals surface area contributed by atoms with E-state index in [-0.39, 0.29) is 6.03 Å². The van der Waals surface area contributed by atoms with Gasteiger partial charge in [0.05, 0.1) is 5.69 Å². The Morgan fingerprint density at radius 1 is 1.14 bits per heavy atom. The Hall–Kier alpha value is -2.73. The lowest BCUT2D eigenvalue weighted by Crippen LogP contribution is -2.40. The van der Waals surface area contributed by atoms with Crippen LogP contribution in [0.5, 0.6) is 0 Å². The van der Waals surface area contributed by atoms with Crippen molar-refractivity contribution in [3.05, 3.63) is 65.9 Å². The number of carbonyl (C=O) groups excluding carboxylic acids is 1. The number of nitrogens with zero attached hydrogens (tertiary/aromatic N) is 2. The zero-order valence-corrected chi connectivity index (χ0v) is 17.6. The second kappa shape index (κ2) is 8.74. The number of thioether (sulfide) groups is 1. The van der Waals surface area contributed by atoms with E-state index in [0.29, 0.717) is 5.92 Å². The van der Waals surface area contributed by atoms with Crippen LogP contribution in [0.2, 0.25) is 0 Å². The predicted octanol–water partition coefficient (Wildman–Crippen LogP) is 5.52. The van der Waals surface area contributed by atoms with E-state index in [0.717, 1.165) is 53.5 Å². The minimum atomic E-state index is -0.0215. The Kier molecular flexibility index (Phi) is 5.90. The van der Waals surface area contributed by atoms with Gasteiger partial charge in [0.15, 0.2) is 0 Å². The van der Waals surface area contributed by atoms with Crippen LogP contribution in [-0.4, -0.2) is 40.5 Å². The fraction of sp³-hybridized carbons (Fsp3) is 0.304. The average Bonchev–Trinajstić information content (AvgIpc) is 3.24. The highest BCUT2D eigenvalue weighted by atomic mass is 32.2. The van der Waals surface area contributed by atoms with Crippen molar-refractivity contribution in [1.29, 1.82) is 0 Å². The molecule has 0 spiro atoms. The average molecular weight is 407 g/mol. The quantitative estimate of drug-likeness (QED) is 0.561. The minimum absolute atomic E-state index is 0.0215. The fourth-order valence-corrected chi connectivity index (χ4v) is 4.25. The van der Waals surface area contributed by atoms with Crippen molar-refractivity contribution in [2.24, 2.45) is 0 Å². The molecule has 0 radical (unpaired) electrons. The first kappa shape index (κ1) is 19.6. The summed E-state index contributed by atoms with van der Waals surface area (Å²) in [7, 11) is 0. The van der Waals surface area contributed by atoms with Crippen molar-refractivity contribution in [3.63, 3.8) is 0 Å². The first-order valence-corrected chi connectivity index (χ1v) is 11.2. The number of H-pyrrole nitrogens is 1. The van der Waals surface area contributed by atoms with Crippen molar-refractivity contribution >= 4 is 23.5 Å². The summed E-state index contributed by atoms with van der Waals surface area (Å²) in [5, 5.41) is 10.8. The maximum Gasteiger partial charge on any atom is 0.321 e. The molecule has 1 aliphatic rings. The van der Waals surface area contributed by atoms with Crippen LogP contribution >= 0.6 is 11.8 Å². The number of aromatic nitrogens is 2. The first-order valence-electron chi connectivity index (χ1n) is 9.95. The Bertz CT molecular complexity index is 992. The van der Waals surface area contributed by atoms with E-state index in [1.807, 2.05) is 35.4 Å². The van der Waals surface area contributed by atoms with Gasteiger partial charge < -0.3 is 10.2 Å². The van der Waals surface area contributed by atoms with Crippen molar-refractivity contribution < 1.29 is 4.79 Å². The Labute approximate surface area is 175 Å². The monoisotopic (exact) mass is 406 g/mol. The fourth-order valence-electron chi connectivity index (χ4n) is 3.79. The third kappa shape index (κ3) is 4.65. The molecule has 1 fully saturated rings. The third-order valence-electron chi connectivity index (χ3n) is 5.45. The zero-order valence-electron chi connectivity index (χ0n) is 16.8. The topological polar surface area (TPSA) is 61.0 Å². The molecule has 1 aromatic heterocycles. The van der Waals surface area contributed by atoms with Gasteiger partial charge in [-0.2, -0.15) is 5.10 Å². The third-order valence-corrected chi connectivity index (χ3v) is 6.18. The number of piperidine rings is 1. The van der Waals surface area contributed by atoms with Gasteiger partial charge in [-0.1, -0.05) is 29.8 Å². The van der Waals surface area contributed by atoms with Gasteiger partial charge in [-0.15, -0.1) is 11.8 Å². The molecule has 0 saturated carbocycles. The maximum atomic E-state index is 12.6. The minimum Gasteiger partial charge on any atom is -0.324 e. The normalized spacial score (nSPS) is 14.8. The number of hydrogen-bond donors (Lipinski definition) is 2. The van der Waals surface area contributed by atoms with Crippen LogP contribution in [0.4, 0.5) is 10.5 Å². The second-order valence-corrected chi connectivity index (χ2v) is 8.38. The largest absolute Gasteiger partial charge is 0.324 e. The molecule has 0 bridgehead atoms. The summed E-state index contributed by atoms with van der Waals surface area (Å²) in [5.41, 5.74) is 5.36. The Morgan fingerprint density at radius 3 is 2.69 bits per heavy atom. The zero-order chi connectivity index (χ0) is 20.2. The lowest BCUT2D eigenvalue weighted by molar-refractivity contribution is 0.194. The van der Waals surface area contributed by atoms with Gasteiger partial charge in [0.25, 0.3) is 0 Å². The molecule has 3 aromatic rings. The van der Waals surface area contributed by atoms with E-state index >= 15 is 0 Å². The molecule has 1 aliphatic heterocycles. The number of likely N-dealkylation sites (tertiary alicyclic amines) is 1. The Morgan fingerprint density at radius 2 is 1.93 bits per heavy atom. The lowest BCUT2D eigenvalue weighted by Gasteiger charge is -2.31. The van der Waals surface area contributed by atoms with Crippen molar-refractivity contribution in [1.82, 2.24) is 15.1 Å². The molecular weight excluding hydrogens is 380 g/mol. The molecule has 150 valence electrons. The van der Waals surface area contributed by atoms with Gasteiger partial charge in [0, 0.05) is 40.8 Å². The summed E-state index contributed by atoms with van der Waals surface area (Å²) in [6.07, 6.45) is 3.91. The van der Waals surface area contributed by atoms with Crippen LogP contribution < -0.4 is 5.32 Å². The molecule has 0 aliphatic carbocycles. The summed E-state index contributed by atoms with van der Waals surface area (Å²) in [6.45, 7) is 3.59. The summed E-state index contributed by atoms with van der Waals surface area (Å²) >= 11 is 1.67. The predicted molar refractivity (Wildman–Crippen MR) is 120 cm³/mol. The van der Waals surface area contributed by atoms with Gasteiger partial charge in [-0.05, 0) is 56.4 Å². The second-order valence-electron chi connectivity index (χ2n) is 7.50. The molecule has 4 rings (SSSR count). The van der Waals surface area contributed by atoms with Crippen LogP contribution in [0.15, 0.2) is 59.5 Å². The highest BCUT2D eigenvalue weighted by molar-refractivity contribution is 7.98. The number of nitrogens with one attached hydrogen (secondary N) is 2. The molecular formula is C23H26N4OS. The van der Waals surface area contributed by atoms with E-state index in [1.165, 1.54) is 5.56 Å². The number of urea groups is 1. The smallest absolute Gasteiger partial charge is 0.321 e. The first-order chi connectivity index (χ1) is 14.1. The molecule has 2 amide bonds. The molecule has 0 unspecified atom stereocenters. The van der Waals surface area contributed by atoms with Crippen LogP contribution in [-0.2, 0) is 0 Å². The summed E-state index contributed by atoms with van der Waals surface area (Å²) in [6, 6.07) is 18.5. The molecule has 29 heavy (non-hydrogen) atoms. The van der Waals surface area contributed by atoms with Gasteiger partial charge in [-0.25, -0.2) is 4.79 Å². The lowest BCUT2D eigenvalue weighted by atomic mass is 9.93. The highest BCUT2D eigenvalue weighted by Crippen LogP contribution is 2.30. The number of aromatic amines is 1. The van der Waals surface area contributed by atoms with Crippen LogP contribution in [0, 0.1) is 6.92 Å². The van der Waals surface area contributed by atoms with E-state index < -0.39 is 0 Å². The van der Waals surface area contributed by atoms with E-state index in [1.54, 1.807) is 11.8 Å². The summed E-state index contributed by atoms with van der Waals surface area (Å²) in [4.78, 5) is 15.7. The SMILES string of the molecule is CSc1cccc(NC(=O)N2CCC(c3cc(-c4cccc(C)c4)n[nH]3)CC2)c1. The van der Waals surface area contributed by atoms with Crippen molar-refractivity contribution in [3.8, 4) is 11.3 Å². The van der Waals surface area contributed by atoms with Crippen molar-refractivity contribution in [2.75, 3.05) is 24.7 Å². The van der Waals surface area contributed by atoms with Crippen LogP contribution in [0.25, 0.3) is 11.3 Å². The number of aryl methyl sites for hydroxylation is 1. The number of benzene rings is 2. The van der Waals surface area contributed by atoms with E-state index in [4.69, 9.17) is 0 Å². The molecule has 1 saturated heterocycles. The van der Waals surface area contributed by atoms with Crippen molar-refractivity contribution in [2.45, 2.75) is 30.6 Å². The summed E-state index contributed by atoms with van der Waals surface area (Å²) in [5.74, 6) is 0.407. The number of amides is 2. The molecule has 5 nitrogen and oxygen atoms in total. The van der Waals surface area contributed by atoms with E-state index in [2.05, 4.69) is 52.8 Å². The molecule has 2 N–H and O–H groups in total. The number of hydrogen-bond acceptors (Lipinski definition) is 3. The van der Waals surface area contributed by atoms with E-state index in [9.17, 15) is 4.79 Å². The molecule has 2 heterocycles. The van der Waals surface area contributed by atoms with Crippen LogP contribution in [0.3, 0.4) is 0 Å². The van der Waals surface area contributed by atoms with Crippen LogP contribution in [0.1, 0.15) is 30.0 Å². The van der Waals surface area contributed by atoms with Gasteiger partial charge >= 0.3 is 6.03 Å². The molecule has 0 atom stereocenters. The number of anilines is 1. The number of rotatable bonds is 4. The molecule has 6 heteroatoms. The van der Waals surface area contributed by atoms with Gasteiger partial charge in [-0.3, -0.25) is 5.10 Å². The van der Waals surface area contributed by atoms with Gasteiger partial charge in [0.1, 0.15) is 0 Å². The van der Waals surface area contributed by atoms with Gasteiger partial charge in [0.2, 0.25) is 0 Å². The molecule has 2 aromatic carbocycles. The Balaban J connectivity index is 1.35. The summed E-state index contributed by atoms with van der Waals surface area (Å²) < 4.78 is 0.